The molecule has 0 saturated heterocycles. The highest BCUT2D eigenvalue weighted by molar-refractivity contribution is 5.81. The van der Waals surface area contributed by atoms with Gasteiger partial charge in [0, 0.05) is 0 Å². The SMILES string of the molecule is O=c1[nH]c2cccc(O)c2n1Cc1ccccc1C(F)(F)F. The van der Waals surface area contributed by atoms with E-state index in [1.165, 1.54) is 24.3 Å². The van der Waals surface area contributed by atoms with E-state index in [1.807, 2.05) is 0 Å². The number of phenolic OH excluding ortho intramolecular Hbond substituents is 1. The quantitative estimate of drug-likeness (QED) is 0.764. The van der Waals surface area contributed by atoms with E-state index >= 15 is 0 Å². The van der Waals surface area contributed by atoms with Crippen LogP contribution < -0.4 is 5.69 Å². The van der Waals surface area contributed by atoms with Gasteiger partial charge >= 0.3 is 11.9 Å². The molecule has 3 aromatic rings. The third-order valence-electron chi connectivity index (χ3n) is 3.42. The number of phenols is 1. The highest BCUT2D eigenvalue weighted by atomic mass is 19.4. The summed E-state index contributed by atoms with van der Waals surface area (Å²) < 4.78 is 40.2. The van der Waals surface area contributed by atoms with Gasteiger partial charge in [-0.1, -0.05) is 24.3 Å². The molecule has 7 heteroatoms. The first-order valence-corrected chi connectivity index (χ1v) is 6.43. The number of benzene rings is 2. The first-order valence-electron chi connectivity index (χ1n) is 6.43. The zero-order valence-electron chi connectivity index (χ0n) is 11.2. The molecule has 1 heterocycles. The van der Waals surface area contributed by atoms with Gasteiger partial charge in [-0.05, 0) is 23.8 Å². The monoisotopic (exact) mass is 308 g/mol. The highest BCUT2D eigenvalue weighted by Gasteiger charge is 2.33. The summed E-state index contributed by atoms with van der Waals surface area (Å²) in [6.45, 7) is -0.286. The number of hydrogen-bond acceptors (Lipinski definition) is 2. The summed E-state index contributed by atoms with van der Waals surface area (Å²) in [4.78, 5) is 14.5. The number of aromatic amines is 1. The maximum absolute atomic E-state index is 13.0. The molecule has 114 valence electrons. The van der Waals surface area contributed by atoms with Gasteiger partial charge in [-0.2, -0.15) is 13.2 Å². The maximum atomic E-state index is 13.0. The summed E-state index contributed by atoms with van der Waals surface area (Å²) in [7, 11) is 0. The van der Waals surface area contributed by atoms with Crippen molar-refractivity contribution in [2.75, 3.05) is 0 Å². The topological polar surface area (TPSA) is 58.0 Å². The molecule has 0 bridgehead atoms. The lowest BCUT2D eigenvalue weighted by atomic mass is 10.1. The normalized spacial score (nSPS) is 12.0. The Labute approximate surface area is 122 Å². The molecule has 0 saturated carbocycles. The number of aromatic hydroxyl groups is 1. The van der Waals surface area contributed by atoms with Crippen molar-refractivity contribution >= 4 is 11.0 Å². The van der Waals surface area contributed by atoms with Gasteiger partial charge in [-0.3, -0.25) is 4.57 Å². The van der Waals surface area contributed by atoms with Crippen molar-refractivity contribution in [2.45, 2.75) is 12.7 Å². The predicted molar refractivity (Wildman–Crippen MR) is 74.8 cm³/mol. The number of fused-ring (bicyclic) bond motifs is 1. The Morgan fingerprint density at radius 2 is 1.82 bits per heavy atom. The fourth-order valence-electron chi connectivity index (χ4n) is 2.46. The van der Waals surface area contributed by atoms with Crippen LogP contribution in [0.1, 0.15) is 11.1 Å². The van der Waals surface area contributed by atoms with Gasteiger partial charge in [0.2, 0.25) is 0 Å². The molecule has 22 heavy (non-hydrogen) atoms. The smallest absolute Gasteiger partial charge is 0.416 e. The lowest BCUT2D eigenvalue weighted by molar-refractivity contribution is -0.138. The van der Waals surface area contributed by atoms with E-state index < -0.39 is 17.4 Å². The van der Waals surface area contributed by atoms with Crippen LogP contribution in [-0.2, 0) is 12.7 Å². The van der Waals surface area contributed by atoms with Crippen LogP contribution in [0.5, 0.6) is 5.75 Å². The number of alkyl halides is 3. The molecule has 0 amide bonds. The van der Waals surface area contributed by atoms with Gasteiger partial charge in [0.25, 0.3) is 0 Å². The minimum atomic E-state index is -4.51. The first-order chi connectivity index (χ1) is 10.4. The van der Waals surface area contributed by atoms with Crippen LogP contribution in [0.15, 0.2) is 47.3 Å². The Morgan fingerprint density at radius 1 is 1.09 bits per heavy atom. The van der Waals surface area contributed by atoms with Crippen LogP contribution in [0.2, 0.25) is 0 Å². The molecule has 0 aliphatic carbocycles. The molecule has 0 aliphatic heterocycles. The fraction of sp³-hybridized carbons (Fsp3) is 0.133. The van der Waals surface area contributed by atoms with Gasteiger partial charge in [0.15, 0.2) is 0 Å². The van der Waals surface area contributed by atoms with Crippen molar-refractivity contribution in [1.82, 2.24) is 9.55 Å². The second-order valence-corrected chi connectivity index (χ2v) is 4.84. The molecule has 3 rings (SSSR count). The molecule has 0 aliphatic rings. The van der Waals surface area contributed by atoms with E-state index in [0.29, 0.717) is 5.52 Å². The predicted octanol–water partition coefficient (Wildman–Crippen LogP) is 3.10. The third-order valence-corrected chi connectivity index (χ3v) is 3.42. The zero-order valence-corrected chi connectivity index (χ0v) is 11.2. The van der Waals surface area contributed by atoms with E-state index in [1.54, 1.807) is 12.1 Å². The molecule has 1 aromatic heterocycles. The second-order valence-electron chi connectivity index (χ2n) is 4.84. The van der Waals surface area contributed by atoms with Gasteiger partial charge in [-0.25, -0.2) is 4.79 Å². The van der Waals surface area contributed by atoms with Crippen LogP contribution in [0.25, 0.3) is 11.0 Å². The number of nitrogens with one attached hydrogen (secondary N) is 1. The number of hydrogen-bond donors (Lipinski definition) is 2. The molecule has 0 spiro atoms. The van der Waals surface area contributed by atoms with Gasteiger partial charge < -0.3 is 10.1 Å². The Bertz CT molecular complexity index is 894. The van der Waals surface area contributed by atoms with Crippen molar-refractivity contribution < 1.29 is 18.3 Å². The number of imidazole rings is 1. The summed E-state index contributed by atoms with van der Waals surface area (Å²) >= 11 is 0. The van der Waals surface area contributed by atoms with Crippen molar-refractivity contribution in [3.05, 3.63) is 64.1 Å². The van der Waals surface area contributed by atoms with Crippen LogP contribution in [0, 0.1) is 0 Å². The number of nitrogens with zero attached hydrogens (tertiary/aromatic N) is 1. The average molecular weight is 308 g/mol. The number of halogens is 3. The first kappa shape index (κ1) is 14.2. The average Bonchev–Trinajstić information content (AvgIpc) is 2.76. The van der Waals surface area contributed by atoms with Crippen LogP contribution in [0.3, 0.4) is 0 Å². The van der Waals surface area contributed by atoms with Crippen molar-refractivity contribution in [3.8, 4) is 5.75 Å². The number of aromatic nitrogens is 2. The summed E-state index contributed by atoms with van der Waals surface area (Å²) in [6, 6.07) is 9.54. The highest BCUT2D eigenvalue weighted by Crippen LogP contribution is 2.32. The maximum Gasteiger partial charge on any atom is 0.416 e. The largest absolute Gasteiger partial charge is 0.506 e. The second kappa shape index (κ2) is 4.94. The molecule has 0 radical (unpaired) electrons. The summed E-state index contributed by atoms with van der Waals surface area (Å²) in [5.74, 6) is -0.166. The van der Waals surface area contributed by atoms with E-state index in [4.69, 9.17) is 0 Å². The van der Waals surface area contributed by atoms with Gasteiger partial charge in [-0.15, -0.1) is 0 Å². The molecule has 2 N–H and O–H groups in total. The number of para-hydroxylation sites is 1. The van der Waals surface area contributed by atoms with E-state index in [0.717, 1.165) is 10.6 Å². The van der Waals surface area contributed by atoms with Crippen LogP contribution in [-0.4, -0.2) is 14.7 Å². The zero-order chi connectivity index (χ0) is 15.9. The van der Waals surface area contributed by atoms with Crippen LogP contribution >= 0.6 is 0 Å². The number of rotatable bonds is 2. The van der Waals surface area contributed by atoms with Gasteiger partial charge in [0.05, 0.1) is 17.6 Å². The Balaban J connectivity index is 2.17. The van der Waals surface area contributed by atoms with E-state index in [-0.39, 0.29) is 23.4 Å². The lowest BCUT2D eigenvalue weighted by Crippen LogP contribution is -2.19. The van der Waals surface area contributed by atoms with Crippen molar-refractivity contribution in [3.63, 3.8) is 0 Å². The fourth-order valence-corrected chi connectivity index (χ4v) is 2.46. The Kier molecular flexibility index (Phi) is 3.20. The molecule has 4 nitrogen and oxygen atoms in total. The summed E-state index contributed by atoms with van der Waals surface area (Å²) in [6.07, 6.45) is -4.51. The minimum Gasteiger partial charge on any atom is -0.506 e. The van der Waals surface area contributed by atoms with Gasteiger partial charge in [0.1, 0.15) is 11.3 Å². The number of H-pyrrole nitrogens is 1. The lowest BCUT2D eigenvalue weighted by Gasteiger charge is -2.13. The van der Waals surface area contributed by atoms with Crippen molar-refractivity contribution in [1.29, 1.82) is 0 Å². The van der Waals surface area contributed by atoms with E-state index in [9.17, 15) is 23.1 Å². The Morgan fingerprint density at radius 3 is 2.55 bits per heavy atom. The molecule has 0 fully saturated rings. The third kappa shape index (κ3) is 2.34. The molecule has 2 aromatic carbocycles. The molecular weight excluding hydrogens is 297 g/mol. The summed E-state index contributed by atoms with van der Waals surface area (Å²) in [5.41, 5.74) is -0.861. The molecular formula is C15H11F3N2O2. The van der Waals surface area contributed by atoms with E-state index in [2.05, 4.69) is 4.98 Å². The van der Waals surface area contributed by atoms with Crippen molar-refractivity contribution in [2.24, 2.45) is 0 Å². The Hall–Kier alpha value is -2.70. The standard InChI is InChI=1S/C15H11F3N2O2/c16-15(17,18)10-5-2-1-4-9(10)8-20-13-11(19-14(20)22)6-3-7-12(13)21/h1-7,21H,8H2,(H,19,22). The molecule has 0 unspecified atom stereocenters. The minimum absolute atomic E-state index is 0.0405. The van der Waals surface area contributed by atoms with Crippen LogP contribution in [0.4, 0.5) is 13.2 Å². The summed E-state index contributed by atoms with van der Waals surface area (Å²) in [5, 5.41) is 9.87. The molecule has 0 atom stereocenters.